The molecule has 2 N–H and O–H groups in total. The lowest BCUT2D eigenvalue weighted by atomic mass is 9.77. The molecule has 2 atom stereocenters. The summed E-state index contributed by atoms with van der Waals surface area (Å²) in [5.41, 5.74) is 9.88. The summed E-state index contributed by atoms with van der Waals surface area (Å²) >= 11 is 4.89. The van der Waals surface area contributed by atoms with E-state index in [2.05, 4.69) is 126 Å². The minimum atomic E-state index is -0.659. The van der Waals surface area contributed by atoms with Crippen molar-refractivity contribution in [3.05, 3.63) is 140 Å². The van der Waals surface area contributed by atoms with Crippen LogP contribution in [0.15, 0.2) is 108 Å². The van der Waals surface area contributed by atoms with Gasteiger partial charge in [0, 0.05) is 76.0 Å². The molecule has 0 bridgehead atoms. The number of anilines is 2. The molecule has 3 aromatic heterocycles. The minimum absolute atomic E-state index is 0.0362. The first-order chi connectivity index (χ1) is 30.3. The first-order valence-electron chi connectivity index (χ1n) is 22.8. The molecule has 0 radical (unpaired) electrons. The molecule has 4 aliphatic rings. The molecule has 0 amide bonds. The van der Waals surface area contributed by atoms with E-state index in [1.807, 2.05) is 24.3 Å². The van der Waals surface area contributed by atoms with Crippen molar-refractivity contribution < 1.29 is 19.8 Å². The number of fused-ring (bicyclic) bond motifs is 2. The Hall–Kier alpha value is -4.96. The summed E-state index contributed by atoms with van der Waals surface area (Å²) in [6, 6.07) is 25.1. The second-order valence-electron chi connectivity index (χ2n) is 18.4. The number of para-hydroxylation sites is 2. The fourth-order valence-corrected chi connectivity index (χ4v) is 14.2. The smallest absolute Gasteiger partial charge is 0.182 e. The standard InChI is InChI=1S/C54H58N2O4S3/c1-9-13-27-55-37-21-17-15-19-35(37)53(5,6)43(55)29-33-47(57)45(48(33)58)39-23-25-41(61-39)51-31(11-3)32(12-4)52(63-51)42-26-24-40(62-42)46-49(59)34(50(46)60)30-44-54(7,8)36-20-16-18-22-38(36)56(44)28-14-10-2/h15-26,29-30,33-34,57,59H,9-14,27-28H2,1-8H3/b43-29-,44-30+. The monoisotopic (exact) mass is 894 g/mol. The van der Waals surface area contributed by atoms with Crippen LogP contribution in [0.4, 0.5) is 11.4 Å². The van der Waals surface area contributed by atoms with Crippen molar-refractivity contribution in [1.82, 2.24) is 0 Å². The summed E-state index contributed by atoms with van der Waals surface area (Å²) in [7, 11) is 0. The summed E-state index contributed by atoms with van der Waals surface area (Å²) in [6.07, 6.45) is 9.95. The number of aliphatic hydroxyl groups is 2. The van der Waals surface area contributed by atoms with Gasteiger partial charge >= 0.3 is 0 Å². The van der Waals surface area contributed by atoms with Crippen LogP contribution in [-0.2, 0) is 33.3 Å². The van der Waals surface area contributed by atoms with Crippen LogP contribution in [0, 0.1) is 11.8 Å². The van der Waals surface area contributed by atoms with E-state index in [0.717, 1.165) is 82.5 Å². The lowest BCUT2D eigenvalue weighted by Gasteiger charge is -2.31. The largest absolute Gasteiger partial charge is 0.510 e. The number of nitrogens with zero attached hydrogens (tertiary/aromatic N) is 2. The van der Waals surface area contributed by atoms with Crippen LogP contribution in [0.2, 0.25) is 0 Å². The van der Waals surface area contributed by atoms with Crippen LogP contribution in [0.1, 0.15) is 113 Å². The molecule has 326 valence electrons. The van der Waals surface area contributed by atoms with Gasteiger partial charge < -0.3 is 20.0 Å². The Morgan fingerprint density at radius 2 is 0.937 bits per heavy atom. The molecule has 9 heteroatoms. The molecular formula is C54H58N2O4S3. The highest BCUT2D eigenvalue weighted by Gasteiger charge is 2.47. The van der Waals surface area contributed by atoms with E-state index in [1.165, 1.54) is 43.4 Å². The first kappa shape index (κ1) is 43.3. The summed E-state index contributed by atoms with van der Waals surface area (Å²) in [6.45, 7) is 19.3. The van der Waals surface area contributed by atoms with Crippen molar-refractivity contribution in [2.75, 3.05) is 22.9 Å². The van der Waals surface area contributed by atoms with E-state index in [-0.39, 0.29) is 33.9 Å². The zero-order chi connectivity index (χ0) is 44.5. The SMILES string of the molecule is CCCCN1/C(=C\C2C(=O)C(c3ccc(-c4sc(-c5ccc(C6=C(O)C(/C=C7/N(CCCC)c8ccccc8C7(C)C)C6=O)s5)c(CC)c4CC)s3)=C2O)C(C)(C)c2ccccc21. The number of thiophene rings is 3. The van der Waals surface area contributed by atoms with Gasteiger partial charge in [-0.05, 0) is 96.5 Å². The summed E-state index contributed by atoms with van der Waals surface area (Å²) in [4.78, 5) is 38.7. The minimum Gasteiger partial charge on any atom is -0.510 e. The molecule has 6 nitrogen and oxygen atoms in total. The zero-order valence-electron chi connectivity index (χ0n) is 37.7. The van der Waals surface area contributed by atoms with E-state index in [9.17, 15) is 19.8 Å². The Morgan fingerprint density at radius 3 is 1.30 bits per heavy atom. The number of ketones is 2. The van der Waals surface area contributed by atoms with Crippen LogP contribution in [-0.4, -0.2) is 34.9 Å². The van der Waals surface area contributed by atoms with E-state index < -0.39 is 11.8 Å². The Kier molecular flexibility index (Phi) is 11.4. The number of Topliss-reactive ketones (excluding diaryl/α,β-unsaturated/α-hetero) is 2. The van der Waals surface area contributed by atoms with Gasteiger partial charge in [0.25, 0.3) is 0 Å². The molecule has 9 rings (SSSR count). The molecule has 0 saturated heterocycles. The molecule has 2 unspecified atom stereocenters. The van der Waals surface area contributed by atoms with Crippen LogP contribution >= 0.6 is 34.0 Å². The van der Waals surface area contributed by atoms with Gasteiger partial charge in [0.15, 0.2) is 11.6 Å². The Morgan fingerprint density at radius 1 is 0.556 bits per heavy atom. The highest BCUT2D eigenvalue weighted by atomic mass is 32.1. The van der Waals surface area contributed by atoms with Crippen LogP contribution in [0.25, 0.3) is 30.7 Å². The van der Waals surface area contributed by atoms with Gasteiger partial charge in [0.1, 0.15) is 23.4 Å². The molecule has 0 spiro atoms. The fraction of sp³-hybridized carbons (Fsp3) is 0.370. The second-order valence-corrected chi connectivity index (χ2v) is 21.5. The average Bonchev–Trinajstić information content (AvgIpc) is 4.10. The lowest BCUT2D eigenvalue weighted by Crippen LogP contribution is -2.33. The molecule has 0 fully saturated rings. The van der Waals surface area contributed by atoms with Gasteiger partial charge in [-0.15, -0.1) is 34.0 Å². The van der Waals surface area contributed by atoms with E-state index >= 15 is 0 Å². The number of carbonyl (C=O) groups excluding carboxylic acids is 2. The molecule has 0 saturated carbocycles. The number of rotatable bonds is 14. The Labute approximate surface area is 384 Å². The van der Waals surface area contributed by atoms with Gasteiger partial charge in [-0.25, -0.2) is 0 Å². The van der Waals surface area contributed by atoms with Gasteiger partial charge in [0.2, 0.25) is 0 Å². The summed E-state index contributed by atoms with van der Waals surface area (Å²) < 4.78 is 0. The third-order valence-electron chi connectivity index (χ3n) is 13.9. The van der Waals surface area contributed by atoms with Crippen molar-refractivity contribution in [3.63, 3.8) is 0 Å². The van der Waals surface area contributed by atoms with Crippen molar-refractivity contribution in [2.24, 2.45) is 11.8 Å². The number of benzene rings is 2. The van der Waals surface area contributed by atoms with Crippen molar-refractivity contribution in [3.8, 4) is 19.5 Å². The second kappa shape index (κ2) is 16.5. The number of hydrogen-bond donors (Lipinski definition) is 2. The molecule has 63 heavy (non-hydrogen) atoms. The van der Waals surface area contributed by atoms with Gasteiger partial charge in [-0.1, -0.05) is 105 Å². The summed E-state index contributed by atoms with van der Waals surface area (Å²) in [5, 5.41) is 23.1. The number of allylic oxidation sites excluding steroid dienone is 6. The molecular weight excluding hydrogens is 837 g/mol. The fourth-order valence-electron chi connectivity index (χ4n) is 10.3. The lowest BCUT2D eigenvalue weighted by molar-refractivity contribution is -0.118. The highest BCUT2D eigenvalue weighted by molar-refractivity contribution is 7.27. The highest BCUT2D eigenvalue weighted by Crippen LogP contribution is 2.54. The normalized spacial score (nSPS) is 21.2. The molecule has 5 aromatic rings. The Bertz CT molecular complexity index is 2600. The van der Waals surface area contributed by atoms with Crippen molar-refractivity contribution in [1.29, 1.82) is 0 Å². The van der Waals surface area contributed by atoms with Crippen molar-refractivity contribution in [2.45, 2.75) is 105 Å². The molecule has 2 aromatic carbocycles. The van der Waals surface area contributed by atoms with E-state index in [1.54, 1.807) is 34.0 Å². The van der Waals surface area contributed by atoms with Gasteiger partial charge in [-0.3, -0.25) is 9.59 Å². The molecule has 5 heterocycles. The number of unbranched alkanes of at least 4 members (excludes halogenated alkanes) is 2. The topological polar surface area (TPSA) is 81.1 Å². The maximum Gasteiger partial charge on any atom is 0.182 e. The maximum atomic E-state index is 14.0. The van der Waals surface area contributed by atoms with E-state index in [4.69, 9.17) is 0 Å². The van der Waals surface area contributed by atoms with Crippen molar-refractivity contribution >= 4 is 68.1 Å². The van der Waals surface area contributed by atoms with E-state index in [0.29, 0.717) is 11.1 Å². The molecule has 2 aliphatic carbocycles. The quantitative estimate of drug-likeness (QED) is 0.116. The third kappa shape index (κ3) is 6.83. The Balaban J connectivity index is 0.987. The predicted octanol–water partition coefficient (Wildman–Crippen LogP) is 14.2. The van der Waals surface area contributed by atoms with Crippen LogP contribution in [0.3, 0.4) is 0 Å². The summed E-state index contributed by atoms with van der Waals surface area (Å²) in [5.74, 6) is -1.09. The van der Waals surface area contributed by atoms with Gasteiger partial charge in [-0.2, -0.15) is 0 Å². The average molecular weight is 895 g/mol. The van der Waals surface area contributed by atoms with Crippen LogP contribution in [0.5, 0.6) is 0 Å². The first-order valence-corrected chi connectivity index (χ1v) is 25.2. The zero-order valence-corrected chi connectivity index (χ0v) is 40.2. The number of aliphatic hydroxyl groups excluding tert-OH is 2. The number of hydrogen-bond acceptors (Lipinski definition) is 9. The van der Waals surface area contributed by atoms with Gasteiger partial charge in [0.05, 0.1) is 11.1 Å². The maximum absolute atomic E-state index is 14.0. The molecule has 2 aliphatic heterocycles. The van der Waals surface area contributed by atoms with Crippen LogP contribution < -0.4 is 9.80 Å². The predicted molar refractivity (Wildman–Crippen MR) is 265 cm³/mol. The number of carbonyl (C=O) groups is 2. The third-order valence-corrected chi connectivity index (χ3v) is 17.7.